The van der Waals surface area contributed by atoms with Crippen molar-refractivity contribution in [3.05, 3.63) is 75.6 Å². The first-order valence-corrected chi connectivity index (χ1v) is 5.58. The van der Waals surface area contributed by atoms with Gasteiger partial charge in [-0.1, -0.05) is 0 Å². The highest BCUT2D eigenvalue weighted by molar-refractivity contribution is 6.49. The minimum Gasteiger partial charge on any atom is -0.285 e. The van der Waals surface area contributed by atoms with Crippen molar-refractivity contribution in [1.29, 1.82) is 0 Å². The van der Waals surface area contributed by atoms with Crippen molar-refractivity contribution in [2.24, 2.45) is 0 Å². The lowest BCUT2D eigenvalue weighted by Gasteiger charge is -2.00. The van der Waals surface area contributed by atoms with E-state index >= 15 is 0 Å². The minimum absolute atomic E-state index is 0.0462. The number of nitro groups is 1. The first kappa shape index (κ1) is 13.5. The zero-order valence-corrected chi connectivity index (χ0v) is 10.1. The van der Waals surface area contributed by atoms with E-state index in [1.54, 1.807) is 0 Å². The van der Waals surface area contributed by atoms with Crippen molar-refractivity contribution >= 4 is 17.3 Å². The number of nitrogens with zero attached hydrogens (tertiary/aromatic N) is 1. The molecule has 0 amide bonds. The highest BCUT2D eigenvalue weighted by Crippen LogP contribution is 2.14. The van der Waals surface area contributed by atoms with E-state index in [1.807, 2.05) is 0 Å². The van der Waals surface area contributed by atoms with Gasteiger partial charge in [0.1, 0.15) is 5.82 Å². The van der Waals surface area contributed by atoms with Crippen LogP contribution in [0.3, 0.4) is 0 Å². The van der Waals surface area contributed by atoms with E-state index in [9.17, 15) is 24.1 Å². The fourth-order valence-corrected chi connectivity index (χ4v) is 1.60. The van der Waals surface area contributed by atoms with Gasteiger partial charge in [0.15, 0.2) is 0 Å². The second-order valence-corrected chi connectivity index (χ2v) is 3.97. The van der Waals surface area contributed by atoms with Crippen molar-refractivity contribution in [3.8, 4) is 0 Å². The van der Waals surface area contributed by atoms with Crippen molar-refractivity contribution in [1.82, 2.24) is 0 Å². The molecule has 20 heavy (non-hydrogen) atoms. The highest BCUT2D eigenvalue weighted by atomic mass is 19.1. The summed E-state index contributed by atoms with van der Waals surface area (Å²) in [5, 5.41) is 10.5. The van der Waals surface area contributed by atoms with Gasteiger partial charge < -0.3 is 0 Å². The molecule has 0 N–H and O–H groups in total. The summed E-state index contributed by atoms with van der Waals surface area (Å²) < 4.78 is 12.7. The average Bonchev–Trinajstić information content (AvgIpc) is 2.46. The molecule has 0 atom stereocenters. The monoisotopic (exact) mass is 273 g/mol. The number of Topliss-reactive ketones (excluding diaryl/α,β-unsaturated/α-hetero) is 2. The zero-order valence-electron chi connectivity index (χ0n) is 10.1. The fraction of sp³-hybridized carbons (Fsp3) is 0. The maximum atomic E-state index is 12.7. The molecule has 0 aliphatic rings. The second kappa shape index (κ2) is 5.40. The third-order valence-electron chi connectivity index (χ3n) is 2.65. The molecule has 0 fully saturated rings. The Labute approximate surface area is 112 Å². The van der Waals surface area contributed by atoms with Gasteiger partial charge in [-0.3, -0.25) is 19.7 Å². The van der Waals surface area contributed by atoms with Crippen LogP contribution in [-0.2, 0) is 0 Å². The van der Waals surface area contributed by atoms with Gasteiger partial charge in [0.25, 0.3) is 5.69 Å². The molecule has 2 aromatic carbocycles. The summed E-state index contributed by atoms with van der Waals surface area (Å²) in [6.45, 7) is 0. The van der Waals surface area contributed by atoms with Crippen LogP contribution in [-0.4, -0.2) is 16.5 Å². The highest BCUT2D eigenvalue weighted by Gasteiger charge is 2.19. The molecule has 0 aliphatic carbocycles. The first-order chi connectivity index (χ1) is 9.49. The lowest BCUT2D eigenvalue weighted by Crippen LogP contribution is -2.14. The minimum atomic E-state index is -0.800. The second-order valence-electron chi connectivity index (χ2n) is 3.97. The van der Waals surface area contributed by atoms with Crippen molar-refractivity contribution in [2.75, 3.05) is 0 Å². The Bertz CT molecular complexity index is 677. The van der Waals surface area contributed by atoms with Gasteiger partial charge in [-0.25, -0.2) is 4.39 Å². The summed E-state index contributed by atoms with van der Waals surface area (Å²) in [5.41, 5.74) is -0.0598. The lowest BCUT2D eigenvalue weighted by molar-refractivity contribution is -0.384. The van der Waals surface area contributed by atoms with Gasteiger partial charge in [0.05, 0.1) is 4.92 Å². The normalized spacial score (nSPS) is 10.1. The quantitative estimate of drug-likeness (QED) is 0.371. The van der Waals surface area contributed by atoms with Crippen LogP contribution in [0.2, 0.25) is 0 Å². The Morgan fingerprint density at radius 2 is 1.25 bits per heavy atom. The van der Waals surface area contributed by atoms with Gasteiger partial charge in [-0.05, 0) is 36.4 Å². The molecule has 0 aliphatic heterocycles. The van der Waals surface area contributed by atoms with E-state index in [0.717, 1.165) is 24.3 Å². The number of hydrogen-bond acceptors (Lipinski definition) is 4. The molecule has 0 spiro atoms. The summed E-state index contributed by atoms with van der Waals surface area (Å²) in [5.74, 6) is -2.10. The maximum Gasteiger partial charge on any atom is 0.269 e. The average molecular weight is 273 g/mol. The summed E-state index contributed by atoms with van der Waals surface area (Å²) >= 11 is 0. The molecule has 5 nitrogen and oxygen atoms in total. The number of ketones is 2. The molecule has 0 heterocycles. The fourth-order valence-electron chi connectivity index (χ4n) is 1.60. The van der Waals surface area contributed by atoms with Gasteiger partial charge in [0.2, 0.25) is 11.6 Å². The van der Waals surface area contributed by atoms with Crippen LogP contribution in [0.1, 0.15) is 20.7 Å². The molecule has 100 valence electrons. The zero-order chi connectivity index (χ0) is 14.7. The van der Waals surface area contributed by atoms with Crippen molar-refractivity contribution in [2.45, 2.75) is 0 Å². The van der Waals surface area contributed by atoms with Crippen LogP contribution in [0.5, 0.6) is 0 Å². The molecule has 0 aromatic heterocycles. The Morgan fingerprint density at radius 1 is 0.850 bits per heavy atom. The summed E-state index contributed by atoms with van der Waals surface area (Å²) in [7, 11) is 0. The topological polar surface area (TPSA) is 77.3 Å². The van der Waals surface area contributed by atoms with Crippen LogP contribution in [0.25, 0.3) is 0 Å². The van der Waals surface area contributed by atoms with E-state index in [1.165, 1.54) is 24.3 Å². The number of halogens is 1. The number of carbonyl (C=O) groups excluding carboxylic acids is 2. The van der Waals surface area contributed by atoms with Crippen LogP contribution < -0.4 is 0 Å². The van der Waals surface area contributed by atoms with E-state index in [2.05, 4.69) is 0 Å². The Kier molecular flexibility index (Phi) is 3.65. The molecule has 0 saturated carbocycles. The summed E-state index contributed by atoms with van der Waals surface area (Å²) in [6, 6.07) is 9.29. The van der Waals surface area contributed by atoms with Crippen LogP contribution in [0, 0.1) is 15.9 Å². The van der Waals surface area contributed by atoms with Gasteiger partial charge in [0, 0.05) is 23.3 Å². The number of nitro benzene ring substituents is 1. The molecule has 6 heteroatoms. The molecule has 0 unspecified atom stereocenters. The third-order valence-corrected chi connectivity index (χ3v) is 2.65. The van der Waals surface area contributed by atoms with Crippen LogP contribution >= 0.6 is 0 Å². The Balaban J connectivity index is 2.24. The van der Waals surface area contributed by atoms with E-state index in [0.29, 0.717) is 0 Å². The first-order valence-electron chi connectivity index (χ1n) is 5.58. The van der Waals surface area contributed by atoms with Crippen LogP contribution in [0.15, 0.2) is 48.5 Å². The molecule has 2 rings (SSSR count). The number of benzene rings is 2. The molecule has 0 saturated heterocycles. The van der Waals surface area contributed by atoms with Gasteiger partial charge in [-0.15, -0.1) is 0 Å². The number of carbonyl (C=O) groups is 2. The van der Waals surface area contributed by atoms with Crippen LogP contribution in [0.4, 0.5) is 10.1 Å². The predicted molar refractivity (Wildman–Crippen MR) is 68.2 cm³/mol. The van der Waals surface area contributed by atoms with E-state index < -0.39 is 22.3 Å². The molecule has 0 bridgehead atoms. The Morgan fingerprint density at radius 3 is 1.65 bits per heavy atom. The predicted octanol–water partition coefficient (Wildman–Crippen LogP) is 2.80. The standard InChI is InChI=1S/C14H8FNO4/c15-11-5-1-9(2-6-11)13(17)14(18)10-3-7-12(8-4-10)16(19)20/h1-8H. The number of hydrogen-bond donors (Lipinski definition) is 0. The molecular formula is C14H8FNO4. The summed E-state index contributed by atoms with van der Waals surface area (Å²) in [4.78, 5) is 33.7. The molecule has 2 aromatic rings. The smallest absolute Gasteiger partial charge is 0.269 e. The lowest BCUT2D eigenvalue weighted by atomic mass is 10.0. The molecule has 0 radical (unpaired) electrons. The van der Waals surface area contributed by atoms with E-state index in [-0.39, 0.29) is 16.8 Å². The van der Waals surface area contributed by atoms with Crippen molar-refractivity contribution < 1.29 is 18.9 Å². The van der Waals surface area contributed by atoms with E-state index in [4.69, 9.17) is 0 Å². The Hall–Kier alpha value is -2.89. The molecular weight excluding hydrogens is 265 g/mol. The largest absolute Gasteiger partial charge is 0.285 e. The van der Waals surface area contributed by atoms with Crippen molar-refractivity contribution in [3.63, 3.8) is 0 Å². The maximum absolute atomic E-state index is 12.7. The van der Waals surface area contributed by atoms with Gasteiger partial charge in [-0.2, -0.15) is 0 Å². The van der Waals surface area contributed by atoms with Gasteiger partial charge >= 0.3 is 0 Å². The third kappa shape index (κ3) is 2.74. The SMILES string of the molecule is O=C(C(=O)c1ccc([N+](=O)[O-])cc1)c1ccc(F)cc1. The number of rotatable bonds is 4. The number of non-ortho nitro benzene ring substituents is 1. The summed E-state index contributed by atoms with van der Waals surface area (Å²) in [6.07, 6.45) is 0.